The monoisotopic (exact) mass is 439 g/mol. The third-order valence-corrected chi connectivity index (χ3v) is 5.06. The van der Waals surface area contributed by atoms with Gasteiger partial charge >= 0.3 is 12.0 Å². The van der Waals surface area contributed by atoms with Crippen molar-refractivity contribution in [1.29, 1.82) is 0 Å². The van der Waals surface area contributed by atoms with Gasteiger partial charge in [0.2, 0.25) is 0 Å². The van der Waals surface area contributed by atoms with E-state index in [-0.39, 0.29) is 16.8 Å². The molecule has 0 saturated heterocycles. The van der Waals surface area contributed by atoms with E-state index in [1.807, 2.05) is 0 Å². The minimum Gasteiger partial charge on any atom is -0.505 e. The van der Waals surface area contributed by atoms with E-state index in [2.05, 4.69) is 10.6 Å². The number of halogens is 1. The maximum absolute atomic E-state index is 15.3. The van der Waals surface area contributed by atoms with Gasteiger partial charge in [-0.05, 0) is 12.5 Å². The molecule has 1 atom stereocenters. The minimum atomic E-state index is -1.26. The molecular formula is C23H22FN3O5. The smallest absolute Gasteiger partial charge is 0.319 e. The van der Waals surface area contributed by atoms with E-state index >= 15 is 4.39 Å². The van der Waals surface area contributed by atoms with E-state index in [4.69, 9.17) is 0 Å². The maximum Gasteiger partial charge on any atom is 0.319 e. The topological polar surface area (TPSA) is 121 Å². The van der Waals surface area contributed by atoms with Crippen molar-refractivity contribution in [2.75, 3.05) is 5.32 Å². The molecule has 0 aliphatic rings. The number of rotatable bonds is 6. The number of aromatic nitrogens is 1. The first-order chi connectivity index (χ1) is 15.2. The molecule has 2 aromatic carbocycles. The number of aromatic hydroxyl groups is 1. The van der Waals surface area contributed by atoms with Gasteiger partial charge in [-0.3, -0.25) is 9.59 Å². The second-order valence-corrected chi connectivity index (χ2v) is 7.23. The van der Waals surface area contributed by atoms with Gasteiger partial charge < -0.3 is 25.4 Å². The first kappa shape index (κ1) is 22.5. The lowest BCUT2D eigenvalue weighted by Gasteiger charge is -2.20. The number of pyridine rings is 1. The number of nitrogens with one attached hydrogen (secondary N) is 2. The van der Waals surface area contributed by atoms with E-state index in [0.29, 0.717) is 11.3 Å². The van der Waals surface area contributed by atoms with Crippen LogP contribution in [0.2, 0.25) is 0 Å². The molecule has 0 fully saturated rings. The average molecular weight is 439 g/mol. The Labute approximate surface area is 183 Å². The predicted octanol–water partition coefficient (Wildman–Crippen LogP) is 3.54. The first-order valence-corrected chi connectivity index (χ1v) is 9.71. The summed E-state index contributed by atoms with van der Waals surface area (Å²) in [6.07, 6.45) is -0.597. The fourth-order valence-corrected chi connectivity index (χ4v) is 3.30. The zero-order valence-electron chi connectivity index (χ0n) is 17.4. The molecule has 166 valence electrons. The number of hydrogen-bond donors (Lipinski definition) is 4. The molecule has 1 unspecified atom stereocenters. The standard InChI is InChI=1S/C23H22FN3O5/c1-13-11-18(28)21(22(31)27(13)2)26-23(32)25-17(12-19(29)30)16-10-6-9-15(20(16)24)14-7-4-3-5-8-14/h3-11,17,28H,12H2,1-2H3,(H,29,30)(H2,25,26,32). The Bertz CT molecular complexity index is 1220. The van der Waals surface area contributed by atoms with Gasteiger partial charge in [0.25, 0.3) is 5.56 Å². The largest absolute Gasteiger partial charge is 0.505 e. The zero-order chi connectivity index (χ0) is 23.4. The molecule has 4 N–H and O–H groups in total. The quantitative estimate of drug-likeness (QED) is 0.468. The van der Waals surface area contributed by atoms with Crippen LogP contribution in [0.15, 0.2) is 59.4 Å². The maximum atomic E-state index is 15.3. The molecule has 9 heteroatoms. The lowest BCUT2D eigenvalue weighted by atomic mass is 9.97. The number of aliphatic carboxylic acids is 1. The van der Waals surface area contributed by atoms with Crippen molar-refractivity contribution >= 4 is 17.7 Å². The van der Waals surface area contributed by atoms with Crippen LogP contribution in [0.3, 0.4) is 0 Å². The summed E-state index contributed by atoms with van der Waals surface area (Å²) in [5.74, 6) is -2.36. The van der Waals surface area contributed by atoms with Crippen LogP contribution < -0.4 is 16.2 Å². The van der Waals surface area contributed by atoms with Crippen molar-refractivity contribution in [3.63, 3.8) is 0 Å². The van der Waals surface area contributed by atoms with Gasteiger partial charge in [-0.25, -0.2) is 9.18 Å². The molecular weight excluding hydrogens is 417 g/mol. The van der Waals surface area contributed by atoms with Crippen LogP contribution in [-0.2, 0) is 11.8 Å². The summed E-state index contributed by atoms with van der Waals surface area (Å²) < 4.78 is 16.5. The van der Waals surface area contributed by atoms with Crippen molar-refractivity contribution < 1.29 is 24.2 Å². The number of nitrogens with zero attached hydrogens (tertiary/aromatic N) is 1. The lowest BCUT2D eigenvalue weighted by molar-refractivity contribution is -0.137. The number of carboxylic acid groups (broad SMARTS) is 1. The lowest BCUT2D eigenvalue weighted by Crippen LogP contribution is -2.36. The van der Waals surface area contributed by atoms with Crippen molar-refractivity contribution in [2.45, 2.75) is 19.4 Å². The first-order valence-electron chi connectivity index (χ1n) is 9.71. The third kappa shape index (κ3) is 4.77. The van der Waals surface area contributed by atoms with Crippen LogP contribution >= 0.6 is 0 Å². The summed E-state index contributed by atoms with van der Waals surface area (Å²) in [5, 5.41) is 24.0. The number of carbonyl (C=O) groups is 2. The van der Waals surface area contributed by atoms with E-state index in [1.165, 1.54) is 23.7 Å². The van der Waals surface area contributed by atoms with Gasteiger partial charge in [-0.15, -0.1) is 0 Å². The van der Waals surface area contributed by atoms with Gasteiger partial charge in [-0.1, -0.05) is 48.5 Å². The number of amides is 2. The van der Waals surface area contributed by atoms with Gasteiger partial charge in [-0.2, -0.15) is 0 Å². The third-order valence-electron chi connectivity index (χ3n) is 5.06. The van der Waals surface area contributed by atoms with Crippen LogP contribution in [0.25, 0.3) is 11.1 Å². The molecule has 0 aliphatic carbocycles. The minimum absolute atomic E-state index is 0.0232. The summed E-state index contributed by atoms with van der Waals surface area (Å²) in [7, 11) is 1.47. The van der Waals surface area contributed by atoms with Gasteiger partial charge in [0.1, 0.15) is 11.6 Å². The molecule has 3 rings (SSSR count). The molecule has 1 aromatic heterocycles. The van der Waals surface area contributed by atoms with Crippen molar-refractivity contribution in [3.8, 4) is 16.9 Å². The van der Waals surface area contributed by atoms with Crippen LogP contribution in [0, 0.1) is 12.7 Å². The fraction of sp³-hybridized carbons (Fsp3) is 0.174. The Morgan fingerprint density at radius 1 is 1.12 bits per heavy atom. The molecule has 0 bridgehead atoms. The van der Waals surface area contributed by atoms with E-state index in [1.54, 1.807) is 49.4 Å². The molecule has 0 spiro atoms. The molecule has 1 heterocycles. The van der Waals surface area contributed by atoms with E-state index < -0.39 is 41.6 Å². The Morgan fingerprint density at radius 3 is 2.47 bits per heavy atom. The van der Waals surface area contributed by atoms with Crippen LogP contribution in [-0.4, -0.2) is 26.8 Å². The fourth-order valence-electron chi connectivity index (χ4n) is 3.30. The normalized spacial score (nSPS) is 11.6. The van der Waals surface area contributed by atoms with Crippen molar-refractivity contribution in [3.05, 3.63) is 82.0 Å². The highest BCUT2D eigenvalue weighted by Gasteiger charge is 2.24. The SMILES string of the molecule is Cc1cc(O)c(NC(=O)NC(CC(=O)O)c2cccc(-c3ccccc3)c2F)c(=O)n1C. The van der Waals surface area contributed by atoms with Gasteiger partial charge in [0.05, 0.1) is 12.5 Å². The molecule has 3 aromatic rings. The molecule has 0 radical (unpaired) electrons. The average Bonchev–Trinajstić information content (AvgIpc) is 2.75. The molecule has 0 saturated carbocycles. The Balaban J connectivity index is 1.92. The highest BCUT2D eigenvalue weighted by molar-refractivity contribution is 5.91. The summed E-state index contributed by atoms with van der Waals surface area (Å²) in [6, 6.07) is 12.3. The molecule has 0 aliphatic heterocycles. The number of hydrogen-bond acceptors (Lipinski definition) is 4. The summed E-state index contributed by atoms with van der Waals surface area (Å²) >= 11 is 0. The van der Waals surface area contributed by atoms with Crippen molar-refractivity contribution in [2.24, 2.45) is 7.05 Å². The van der Waals surface area contributed by atoms with Gasteiger partial charge in [0.15, 0.2) is 5.69 Å². The van der Waals surface area contributed by atoms with E-state index in [0.717, 1.165) is 0 Å². The molecule has 8 nitrogen and oxygen atoms in total. The number of anilines is 1. The van der Waals surface area contributed by atoms with Crippen LogP contribution in [0.5, 0.6) is 5.75 Å². The second kappa shape index (κ2) is 9.34. The van der Waals surface area contributed by atoms with Crippen LogP contribution in [0.1, 0.15) is 23.7 Å². The second-order valence-electron chi connectivity index (χ2n) is 7.23. The number of carboxylic acids is 1. The van der Waals surface area contributed by atoms with E-state index in [9.17, 15) is 24.6 Å². The molecule has 2 amide bonds. The highest BCUT2D eigenvalue weighted by atomic mass is 19.1. The van der Waals surface area contributed by atoms with Gasteiger partial charge in [0, 0.05) is 29.9 Å². The zero-order valence-corrected chi connectivity index (χ0v) is 17.4. The highest BCUT2D eigenvalue weighted by Crippen LogP contribution is 2.29. The predicted molar refractivity (Wildman–Crippen MR) is 117 cm³/mol. The summed E-state index contributed by atoms with van der Waals surface area (Å²) in [5.41, 5.74) is 0.281. The Hall–Kier alpha value is -4.14. The summed E-state index contributed by atoms with van der Waals surface area (Å²) in [4.78, 5) is 36.3. The number of carbonyl (C=O) groups excluding carboxylic acids is 1. The molecule has 32 heavy (non-hydrogen) atoms. The van der Waals surface area contributed by atoms with Crippen molar-refractivity contribution in [1.82, 2.24) is 9.88 Å². The Kier molecular flexibility index (Phi) is 6.58. The number of urea groups is 1. The number of aryl methyl sites for hydroxylation is 1. The Morgan fingerprint density at radius 2 is 1.81 bits per heavy atom. The number of benzene rings is 2. The van der Waals surface area contributed by atoms with Crippen LogP contribution in [0.4, 0.5) is 14.9 Å². The summed E-state index contributed by atoms with van der Waals surface area (Å²) in [6.45, 7) is 1.61.